The number of halogens is 1. The number of amides is 1. The number of hydrogen-bond donors (Lipinski definition) is 2. The average molecular weight is 251 g/mol. The van der Waals surface area contributed by atoms with Gasteiger partial charge in [-0.25, -0.2) is 9.97 Å². The van der Waals surface area contributed by atoms with Gasteiger partial charge in [0.25, 0.3) is 5.91 Å². The minimum Gasteiger partial charge on any atom is -0.397 e. The smallest absolute Gasteiger partial charge is 0.260 e. The van der Waals surface area contributed by atoms with Gasteiger partial charge in [0.2, 0.25) is 5.95 Å². The SMILES string of the molecule is Nc1cnc(Cl)cc1C(=O)Nc1nccnn1. The molecular formula is C9H7ClN6O. The van der Waals surface area contributed by atoms with Gasteiger partial charge in [0.05, 0.1) is 29.8 Å². The van der Waals surface area contributed by atoms with Crippen LogP contribution < -0.4 is 11.1 Å². The standard InChI is InChI=1S/C9H7ClN6O/c10-7-3-5(6(11)4-13-7)8(17)15-9-12-1-2-14-16-9/h1-4H,11H2,(H,12,15,16,17). The number of aromatic nitrogens is 4. The van der Waals surface area contributed by atoms with E-state index in [1.165, 1.54) is 24.7 Å². The Bertz CT molecular complexity index is 546. The number of nitrogens with one attached hydrogen (secondary N) is 1. The number of nitrogens with two attached hydrogens (primary N) is 1. The Morgan fingerprint density at radius 1 is 1.35 bits per heavy atom. The lowest BCUT2D eigenvalue weighted by molar-refractivity contribution is 0.102. The van der Waals surface area contributed by atoms with E-state index in [0.717, 1.165) is 0 Å². The molecule has 0 aliphatic heterocycles. The van der Waals surface area contributed by atoms with Crippen LogP contribution in [0, 0.1) is 0 Å². The van der Waals surface area contributed by atoms with Crippen LogP contribution in [0.4, 0.5) is 11.6 Å². The molecule has 86 valence electrons. The van der Waals surface area contributed by atoms with Crippen molar-refractivity contribution in [1.82, 2.24) is 20.2 Å². The number of nitrogens with zero attached hydrogens (tertiary/aromatic N) is 4. The van der Waals surface area contributed by atoms with Crippen LogP contribution in [0.25, 0.3) is 0 Å². The molecule has 0 saturated carbocycles. The average Bonchev–Trinajstić information content (AvgIpc) is 2.33. The molecule has 0 unspecified atom stereocenters. The molecule has 2 aromatic rings. The summed E-state index contributed by atoms with van der Waals surface area (Å²) in [5, 5.41) is 9.80. The summed E-state index contributed by atoms with van der Waals surface area (Å²) >= 11 is 5.67. The molecule has 0 radical (unpaired) electrons. The highest BCUT2D eigenvalue weighted by Gasteiger charge is 2.12. The summed E-state index contributed by atoms with van der Waals surface area (Å²) in [6.07, 6.45) is 4.11. The summed E-state index contributed by atoms with van der Waals surface area (Å²) in [7, 11) is 0. The fraction of sp³-hybridized carbons (Fsp3) is 0. The van der Waals surface area contributed by atoms with Gasteiger partial charge in [-0.15, -0.1) is 5.10 Å². The second-order valence-electron chi connectivity index (χ2n) is 3.01. The maximum Gasteiger partial charge on any atom is 0.260 e. The molecule has 2 heterocycles. The molecule has 8 heteroatoms. The highest BCUT2D eigenvalue weighted by molar-refractivity contribution is 6.30. The van der Waals surface area contributed by atoms with Crippen LogP contribution in [0.1, 0.15) is 10.4 Å². The summed E-state index contributed by atoms with van der Waals surface area (Å²) in [5.41, 5.74) is 6.03. The van der Waals surface area contributed by atoms with E-state index in [0.29, 0.717) is 0 Å². The van der Waals surface area contributed by atoms with Gasteiger partial charge in [0, 0.05) is 0 Å². The summed E-state index contributed by atoms with van der Waals surface area (Å²) < 4.78 is 0. The van der Waals surface area contributed by atoms with Crippen molar-refractivity contribution in [1.29, 1.82) is 0 Å². The molecule has 0 saturated heterocycles. The third kappa shape index (κ3) is 2.64. The van der Waals surface area contributed by atoms with Crippen LogP contribution in [-0.4, -0.2) is 26.1 Å². The Labute approximate surface area is 101 Å². The molecule has 0 spiro atoms. The van der Waals surface area contributed by atoms with Crippen molar-refractivity contribution in [3.8, 4) is 0 Å². The quantitative estimate of drug-likeness (QED) is 0.762. The van der Waals surface area contributed by atoms with Gasteiger partial charge in [0.1, 0.15) is 5.15 Å². The normalized spacial score (nSPS) is 9.94. The Morgan fingerprint density at radius 3 is 2.88 bits per heavy atom. The van der Waals surface area contributed by atoms with Crippen molar-refractivity contribution in [2.75, 3.05) is 11.1 Å². The first-order valence-electron chi connectivity index (χ1n) is 4.53. The van der Waals surface area contributed by atoms with E-state index in [1.54, 1.807) is 0 Å². The molecular weight excluding hydrogens is 244 g/mol. The number of carbonyl (C=O) groups is 1. The van der Waals surface area contributed by atoms with Gasteiger partial charge in [0.15, 0.2) is 0 Å². The molecule has 7 nitrogen and oxygen atoms in total. The predicted molar refractivity (Wildman–Crippen MR) is 61.4 cm³/mol. The van der Waals surface area contributed by atoms with E-state index in [9.17, 15) is 4.79 Å². The van der Waals surface area contributed by atoms with Gasteiger partial charge >= 0.3 is 0 Å². The topological polar surface area (TPSA) is 107 Å². The van der Waals surface area contributed by atoms with Crippen LogP contribution in [0.15, 0.2) is 24.7 Å². The number of rotatable bonds is 2. The molecule has 0 atom stereocenters. The molecule has 1 amide bonds. The Kier molecular flexibility index (Phi) is 3.10. The first-order chi connectivity index (χ1) is 8.16. The fourth-order valence-electron chi connectivity index (χ4n) is 1.11. The van der Waals surface area contributed by atoms with Crippen molar-refractivity contribution < 1.29 is 4.79 Å². The van der Waals surface area contributed by atoms with Crippen LogP contribution in [0.2, 0.25) is 5.15 Å². The fourth-order valence-corrected chi connectivity index (χ4v) is 1.27. The van der Waals surface area contributed by atoms with Gasteiger partial charge in [-0.3, -0.25) is 10.1 Å². The van der Waals surface area contributed by atoms with E-state index >= 15 is 0 Å². The first-order valence-corrected chi connectivity index (χ1v) is 4.90. The van der Waals surface area contributed by atoms with E-state index in [1.807, 2.05) is 0 Å². The Hall–Kier alpha value is -2.28. The lowest BCUT2D eigenvalue weighted by Gasteiger charge is -2.05. The van der Waals surface area contributed by atoms with Crippen molar-refractivity contribution in [3.05, 3.63) is 35.4 Å². The number of pyridine rings is 1. The number of carbonyl (C=O) groups excluding carboxylic acids is 1. The van der Waals surface area contributed by atoms with Crippen molar-refractivity contribution >= 4 is 29.1 Å². The number of nitrogen functional groups attached to an aromatic ring is 1. The molecule has 0 aromatic carbocycles. The number of hydrogen-bond acceptors (Lipinski definition) is 6. The Balaban J connectivity index is 2.23. The first kappa shape index (κ1) is 11.2. The van der Waals surface area contributed by atoms with Gasteiger partial charge in [-0.2, -0.15) is 5.10 Å². The lowest BCUT2D eigenvalue weighted by atomic mass is 10.2. The molecule has 0 aliphatic rings. The monoisotopic (exact) mass is 250 g/mol. The highest BCUT2D eigenvalue weighted by Crippen LogP contribution is 2.15. The zero-order chi connectivity index (χ0) is 12.3. The van der Waals surface area contributed by atoms with Gasteiger partial charge in [-0.1, -0.05) is 11.6 Å². The Morgan fingerprint density at radius 2 is 2.18 bits per heavy atom. The summed E-state index contributed by atoms with van der Waals surface area (Å²) in [5.74, 6) is -0.385. The highest BCUT2D eigenvalue weighted by atomic mass is 35.5. The van der Waals surface area contributed by atoms with Crippen LogP contribution in [-0.2, 0) is 0 Å². The van der Waals surface area contributed by atoms with E-state index < -0.39 is 5.91 Å². The molecule has 0 fully saturated rings. The summed E-state index contributed by atoms with van der Waals surface area (Å²) in [6.45, 7) is 0. The zero-order valence-electron chi connectivity index (χ0n) is 8.46. The van der Waals surface area contributed by atoms with Gasteiger partial charge in [-0.05, 0) is 6.07 Å². The minimum atomic E-state index is -0.472. The molecule has 17 heavy (non-hydrogen) atoms. The van der Waals surface area contributed by atoms with Crippen molar-refractivity contribution in [2.24, 2.45) is 0 Å². The lowest BCUT2D eigenvalue weighted by Crippen LogP contribution is -2.16. The van der Waals surface area contributed by atoms with Crippen molar-refractivity contribution in [2.45, 2.75) is 0 Å². The maximum absolute atomic E-state index is 11.8. The maximum atomic E-state index is 11.8. The van der Waals surface area contributed by atoms with Crippen LogP contribution in [0.5, 0.6) is 0 Å². The largest absolute Gasteiger partial charge is 0.397 e. The molecule has 3 N–H and O–H groups in total. The van der Waals surface area contributed by atoms with Crippen LogP contribution >= 0.6 is 11.6 Å². The summed E-state index contributed by atoms with van der Waals surface area (Å²) in [6, 6.07) is 1.36. The van der Waals surface area contributed by atoms with E-state index in [2.05, 4.69) is 25.5 Å². The second-order valence-corrected chi connectivity index (χ2v) is 3.40. The molecule has 0 aliphatic carbocycles. The third-order valence-electron chi connectivity index (χ3n) is 1.85. The predicted octanol–water partition coefficient (Wildman–Crippen LogP) is 0.754. The van der Waals surface area contributed by atoms with Gasteiger partial charge < -0.3 is 5.73 Å². The molecule has 2 aromatic heterocycles. The van der Waals surface area contributed by atoms with Crippen molar-refractivity contribution in [3.63, 3.8) is 0 Å². The summed E-state index contributed by atoms with van der Waals surface area (Å²) in [4.78, 5) is 19.3. The number of anilines is 2. The van der Waals surface area contributed by atoms with Crippen LogP contribution in [0.3, 0.4) is 0 Å². The molecule has 0 bridgehead atoms. The minimum absolute atomic E-state index is 0.0878. The second kappa shape index (κ2) is 4.71. The molecule has 2 rings (SSSR count). The van der Waals surface area contributed by atoms with E-state index in [4.69, 9.17) is 17.3 Å². The van der Waals surface area contributed by atoms with E-state index in [-0.39, 0.29) is 22.4 Å². The zero-order valence-corrected chi connectivity index (χ0v) is 9.22. The third-order valence-corrected chi connectivity index (χ3v) is 2.06.